The molecular weight excluding hydrogens is 276 g/mol. The van der Waals surface area contributed by atoms with E-state index in [0.717, 1.165) is 0 Å². The summed E-state index contributed by atoms with van der Waals surface area (Å²) in [7, 11) is 0. The van der Waals surface area contributed by atoms with Gasteiger partial charge in [-0.2, -0.15) is 0 Å². The van der Waals surface area contributed by atoms with Crippen LogP contribution in [0, 0.1) is 5.41 Å². The van der Waals surface area contributed by atoms with Crippen LogP contribution in [0.1, 0.15) is 27.0 Å². The number of nitrogens with zero attached hydrogens (tertiary/aromatic N) is 2. The summed E-state index contributed by atoms with van der Waals surface area (Å²) in [6.07, 6.45) is 4.62. The number of rotatable bonds is 5. The minimum atomic E-state index is -0.680. The Morgan fingerprint density at radius 1 is 1.35 bits per heavy atom. The van der Waals surface area contributed by atoms with E-state index in [1.165, 1.54) is 0 Å². The number of ether oxygens (including phenoxy) is 1. The Morgan fingerprint density at radius 2 is 2.00 bits per heavy atom. The van der Waals surface area contributed by atoms with Crippen LogP contribution in [0.2, 0.25) is 5.02 Å². The smallest absolute Gasteiger partial charge is 0.188 e. The van der Waals surface area contributed by atoms with Gasteiger partial charge in [-0.3, -0.25) is 4.79 Å². The van der Waals surface area contributed by atoms with E-state index >= 15 is 0 Å². The fourth-order valence-corrected chi connectivity index (χ4v) is 1.93. The maximum atomic E-state index is 11.9. The molecule has 0 N–H and O–H groups in total. The van der Waals surface area contributed by atoms with Crippen LogP contribution in [-0.4, -0.2) is 15.3 Å². The third-order valence-electron chi connectivity index (χ3n) is 3.38. The first kappa shape index (κ1) is 14.6. The molecule has 2 rings (SSSR count). The summed E-state index contributed by atoms with van der Waals surface area (Å²) in [5.74, 6) is 0.701. The number of Topliss-reactive ketones (excluding diaryl/α,β-unsaturated/α-hetero) is 1. The summed E-state index contributed by atoms with van der Waals surface area (Å²) in [5, 5.41) is 0.641. The van der Waals surface area contributed by atoms with Crippen LogP contribution in [0.3, 0.4) is 0 Å². The van der Waals surface area contributed by atoms with Crippen LogP contribution >= 0.6 is 11.6 Å². The van der Waals surface area contributed by atoms with Gasteiger partial charge in [-0.15, -0.1) is 0 Å². The molecule has 20 heavy (non-hydrogen) atoms. The van der Waals surface area contributed by atoms with Gasteiger partial charge in [-0.1, -0.05) is 11.6 Å². The second kappa shape index (κ2) is 5.67. The molecule has 4 nitrogen and oxygen atoms in total. The number of carbonyl (C=O) groups is 1. The van der Waals surface area contributed by atoms with Gasteiger partial charge in [0.05, 0.1) is 11.7 Å². The van der Waals surface area contributed by atoms with Crippen LogP contribution < -0.4 is 4.74 Å². The number of imidazole rings is 1. The summed E-state index contributed by atoms with van der Waals surface area (Å²) < 4.78 is 7.77. The Kier molecular flexibility index (Phi) is 4.14. The molecule has 0 aliphatic heterocycles. The van der Waals surface area contributed by atoms with Gasteiger partial charge in [0.25, 0.3) is 0 Å². The van der Waals surface area contributed by atoms with Crippen molar-refractivity contribution < 1.29 is 9.53 Å². The standard InChI is InChI=1S/C15H17ClN2O2/c1-11(19)15(2,3)14(18-9-8-17-10-18)20-13-6-4-12(16)5-7-13/h4-10,14H,1-3H3/t14-/m0/s1. The second-order valence-corrected chi connectivity index (χ2v) is 5.65. The molecule has 0 radical (unpaired) electrons. The Morgan fingerprint density at radius 3 is 2.50 bits per heavy atom. The molecule has 0 amide bonds. The van der Waals surface area contributed by atoms with Crippen molar-refractivity contribution in [3.63, 3.8) is 0 Å². The highest BCUT2D eigenvalue weighted by Gasteiger charge is 2.37. The van der Waals surface area contributed by atoms with Gasteiger partial charge in [0.2, 0.25) is 0 Å². The SMILES string of the molecule is CC(=O)C(C)(C)[C@H](Oc1ccc(Cl)cc1)n1ccnc1. The number of ketones is 1. The van der Waals surface area contributed by atoms with E-state index in [4.69, 9.17) is 16.3 Å². The van der Waals surface area contributed by atoms with E-state index in [-0.39, 0.29) is 5.78 Å². The van der Waals surface area contributed by atoms with Crippen molar-refractivity contribution >= 4 is 17.4 Å². The van der Waals surface area contributed by atoms with Gasteiger partial charge < -0.3 is 9.30 Å². The first-order chi connectivity index (χ1) is 9.41. The molecular formula is C15H17ClN2O2. The van der Waals surface area contributed by atoms with Crippen molar-refractivity contribution in [3.8, 4) is 5.75 Å². The second-order valence-electron chi connectivity index (χ2n) is 5.21. The van der Waals surface area contributed by atoms with E-state index in [2.05, 4.69) is 4.98 Å². The van der Waals surface area contributed by atoms with E-state index in [0.29, 0.717) is 10.8 Å². The minimum Gasteiger partial charge on any atom is -0.469 e. The van der Waals surface area contributed by atoms with Crippen molar-refractivity contribution in [1.29, 1.82) is 0 Å². The Labute approximate surface area is 123 Å². The molecule has 1 aromatic carbocycles. The molecule has 1 aromatic heterocycles. The Hall–Kier alpha value is -1.81. The van der Waals surface area contributed by atoms with Crippen LogP contribution in [0.4, 0.5) is 0 Å². The zero-order valence-electron chi connectivity index (χ0n) is 11.7. The van der Waals surface area contributed by atoms with Crippen molar-refractivity contribution in [2.75, 3.05) is 0 Å². The lowest BCUT2D eigenvalue weighted by molar-refractivity contribution is -0.133. The first-order valence-electron chi connectivity index (χ1n) is 6.32. The van der Waals surface area contributed by atoms with E-state index in [9.17, 15) is 4.79 Å². The van der Waals surface area contributed by atoms with Gasteiger partial charge in [-0.05, 0) is 45.0 Å². The number of hydrogen-bond acceptors (Lipinski definition) is 3. The molecule has 0 aliphatic carbocycles. The van der Waals surface area contributed by atoms with Gasteiger partial charge in [0.1, 0.15) is 11.5 Å². The van der Waals surface area contributed by atoms with Crippen LogP contribution in [0.15, 0.2) is 43.0 Å². The average Bonchev–Trinajstić information content (AvgIpc) is 2.91. The number of carbonyl (C=O) groups excluding carboxylic acids is 1. The largest absolute Gasteiger partial charge is 0.469 e. The monoisotopic (exact) mass is 292 g/mol. The number of benzene rings is 1. The van der Waals surface area contributed by atoms with E-state index < -0.39 is 11.6 Å². The summed E-state index contributed by atoms with van der Waals surface area (Å²) in [6, 6.07) is 7.07. The van der Waals surface area contributed by atoms with E-state index in [1.807, 2.05) is 13.8 Å². The zero-order valence-corrected chi connectivity index (χ0v) is 12.5. The summed E-state index contributed by atoms with van der Waals surface area (Å²) in [5.41, 5.74) is -0.680. The van der Waals surface area contributed by atoms with Gasteiger partial charge in [0, 0.05) is 17.4 Å². The Balaban J connectivity index is 2.33. The topological polar surface area (TPSA) is 44.1 Å². The lowest BCUT2D eigenvalue weighted by Crippen LogP contribution is -2.36. The molecule has 0 saturated heterocycles. The molecule has 0 saturated carbocycles. The molecule has 0 unspecified atom stereocenters. The third-order valence-corrected chi connectivity index (χ3v) is 3.63. The van der Waals surface area contributed by atoms with Gasteiger partial charge >= 0.3 is 0 Å². The van der Waals surface area contributed by atoms with Crippen LogP contribution in [0.5, 0.6) is 5.75 Å². The zero-order chi connectivity index (χ0) is 14.8. The normalized spacial score (nSPS) is 13.0. The third kappa shape index (κ3) is 3.02. The molecule has 1 atom stereocenters. The summed E-state index contributed by atoms with van der Waals surface area (Å²) >= 11 is 5.86. The van der Waals surface area contributed by atoms with E-state index in [1.54, 1.807) is 54.5 Å². The fourth-order valence-electron chi connectivity index (χ4n) is 1.80. The van der Waals surface area contributed by atoms with Crippen molar-refractivity contribution in [3.05, 3.63) is 48.0 Å². The summed E-state index contributed by atoms with van der Waals surface area (Å²) in [4.78, 5) is 15.9. The minimum absolute atomic E-state index is 0.0464. The molecule has 5 heteroatoms. The molecule has 0 spiro atoms. The maximum absolute atomic E-state index is 11.9. The molecule has 0 aliphatic rings. The highest BCUT2D eigenvalue weighted by atomic mass is 35.5. The molecule has 0 fully saturated rings. The Bertz CT molecular complexity index is 576. The highest BCUT2D eigenvalue weighted by Crippen LogP contribution is 2.34. The molecule has 0 bridgehead atoms. The summed E-state index contributed by atoms with van der Waals surface area (Å²) in [6.45, 7) is 5.28. The quantitative estimate of drug-likeness (QED) is 0.843. The number of halogens is 1. The fraction of sp³-hybridized carbons (Fsp3) is 0.333. The lowest BCUT2D eigenvalue weighted by atomic mass is 9.86. The van der Waals surface area contributed by atoms with Gasteiger partial charge in [0.15, 0.2) is 6.23 Å². The first-order valence-corrected chi connectivity index (χ1v) is 6.70. The maximum Gasteiger partial charge on any atom is 0.188 e. The predicted octanol–water partition coefficient (Wildman–Crippen LogP) is 3.73. The highest BCUT2D eigenvalue weighted by molar-refractivity contribution is 6.30. The number of aromatic nitrogens is 2. The van der Waals surface area contributed by atoms with Crippen molar-refractivity contribution in [2.45, 2.75) is 27.0 Å². The van der Waals surface area contributed by atoms with Crippen molar-refractivity contribution in [1.82, 2.24) is 9.55 Å². The van der Waals surface area contributed by atoms with Crippen LogP contribution in [-0.2, 0) is 4.79 Å². The van der Waals surface area contributed by atoms with Crippen LogP contribution in [0.25, 0.3) is 0 Å². The van der Waals surface area contributed by atoms with Crippen molar-refractivity contribution in [2.24, 2.45) is 5.41 Å². The molecule has 106 valence electrons. The predicted molar refractivity (Wildman–Crippen MR) is 77.8 cm³/mol. The molecule has 1 heterocycles. The molecule has 2 aromatic rings. The number of hydrogen-bond donors (Lipinski definition) is 0. The average molecular weight is 293 g/mol. The van der Waals surface area contributed by atoms with Gasteiger partial charge in [-0.25, -0.2) is 4.98 Å². The lowest BCUT2D eigenvalue weighted by Gasteiger charge is -2.33.